The molecule has 1 aromatic carbocycles. The Kier molecular flexibility index (Phi) is 3.51. The summed E-state index contributed by atoms with van der Waals surface area (Å²) < 4.78 is 11.1. The second-order valence-corrected chi connectivity index (χ2v) is 6.02. The fourth-order valence-corrected chi connectivity index (χ4v) is 3.21. The van der Waals surface area contributed by atoms with Crippen LogP contribution in [0.25, 0.3) is 10.2 Å². The molecule has 0 bridgehead atoms. The number of thiophene rings is 1. The SMILES string of the molecule is COc1ccc(Oc2nc(C)nc3sc(C)c(C)c23)cc1. The van der Waals surface area contributed by atoms with Gasteiger partial charge in [0.25, 0.3) is 0 Å². The van der Waals surface area contributed by atoms with Gasteiger partial charge in [-0.25, -0.2) is 4.98 Å². The summed E-state index contributed by atoms with van der Waals surface area (Å²) in [5.41, 5.74) is 1.18. The summed E-state index contributed by atoms with van der Waals surface area (Å²) in [4.78, 5) is 11.2. The molecule has 0 aliphatic carbocycles. The van der Waals surface area contributed by atoms with E-state index in [-0.39, 0.29) is 0 Å². The van der Waals surface area contributed by atoms with Gasteiger partial charge in [-0.1, -0.05) is 0 Å². The van der Waals surface area contributed by atoms with E-state index in [2.05, 4.69) is 23.8 Å². The molecule has 0 N–H and O–H groups in total. The van der Waals surface area contributed by atoms with Gasteiger partial charge >= 0.3 is 0 Å². The number of aromatic nitrogens is 2. The topological polar surface area (TPSA) is 44.2 Å². The van der Waals surface area contributed by atoms with E-state index in [4.69, 9.17) is 9.47 Å². The minimum absolute atomic E-state index is 0.615. The number of hydrogen-bond acceptors (Lipinski definition) is 5. The third-order valence-electron chi connectivity index (χ3n) is 3.38. The molecule has 0 aliphatic rings. The number of rotatable bonds is 3. The predicted molar refractivity (Wildman–Crippen MR) is 84.7 cm³/mol. The summed E-state index contributed by atoms with van der Waals surface area (Å²) in [6.45, 7) is 6.05. The highest BCUT2D eigenvalue weighted by molar-refractivity contribution is 7.18. The standard InChI is InChI=1S/C16H16N2O2S/c1-9-10(2)21-16-14(9)15(17-11(3)18-16)20-13-7-5-12(19-4)6-8-13/h5-8H,1-4H3. The van der Waals surface area contributed by atoms with E-state index in [0.717, 1.165) is 21.7 Å². The Morgan fingerprint density at radius 2 is 1.62 bits per heavy atom. The molecule has 2 heterocycles. The van der Waals surface area contributed by atoms with Gasteiger partial charge in [0.15, 0.2) is 0 Å². The zero-order valence-electron chi connectivity index (χ0n) is 12.4. The largest absolute Gasteiger partial charge is 0.497 e. The zero-order valence-corrected chi connectivity index (χ0v) is 13.2. The van der Waals surface area contributed by atoms with Crippen LogP contribution in [0.1, 0.15) is 16.3 Å². The van der Waals surface area contributed by atoms with Gasteiger partial charge in [0.05, 0.1) is 12.5 Å². The summed E-state index contributed by atoms with van der Waals surface area (Å²) in [5.74, 6) is 2.86. The lowest BCUT2D eigenvalue weighted by atomic mass is 10.2. The molecule has 3 aromatic rings. The van der Waals surface area contributed by atoms with Crippen molar-refractivity contribution in [3.63, 3.8) is 0 Å². The fourth-order valence-electron chi connectivity index (χ4n) is 2.14. The van der Waals surface area contributed by atoms with Gasteiger partial charge in [0, 0.05) is 4.88 Å². The Morgan fingerprint density at radius 3 is 2.29 bits per heavy atom. The van der Waals surface area contributed by atoms with Crippen LogP contribution < -0.4 is 9.47 Å². The molecule has 21 heavy (non-hydrogen) atoms. The minimum Gasteiger partial charge on any atom is -0.497 e. The molecule has 5 heteroatoms. The number of nitrogens with zero attached hydrogens (tertiary/aromatic N) is 2. The van der Waals surface area contributed by atoms with Crippen molar-refractivity contribution in [1.29, 1.82) is 0 Å². The maximum absolute atomic E-state index is 5.97. The van der Waals surface area contributed by atoms with Crippen molar-refractivity contribution in [2.75, 3.05) is 7.11 Å². The molecule has 4 nitrogen and oxygen atoms in total. The molecule has 0 spiro atoms. The molecule has 0 radical (unpaired) electrons. The lowest BCUT2D eigenvalue weighted by Gasteiger charge is -2.08. The highest BCUT2D eigenvalue weighted by atomic mass is 32.1. The van der Waals surface area contributed by atoms with Crippen LogP contribution in [-0.2, 0) is 0 Å². The van der Waals surface area contributed by atoms with Crippen molar-refractivity contribution in [2.45, 2.75) is 20.8 Å². The van der Waals surface area contributed by atoms with Gasteiger partial charge in [0.2, 0.25) is 5.88 Å². The van der Waals surface area contributed by atoms with Crippen LogP contribution in [0.15, 0.2) is 24.3 Å². The molecular formula is C16H16N2O2S. The number of fused-ring (bicyclic) bond motifs is 1. The number of benzene rings is 1. The molecule has 2 aromatic heterocycles. The first-order valence-electron chi connectivity index (χ1n) is 6.64. The Balaban J connectivity index is 2.06. The van der Waals surface area contributed by atoms with Crippen molar-refractivity contribution in [3.8, 4) is 17.4 Å². The van der Waals surface area contributed by atoms with Crippen LogP contribution in [0, 0.1) is 20.8 Å². The van der Waals surface area contributed by atoms with E-state index < -0.39 is 0 Å². The number of aryl methyl sites for hydroxylation is 3. The first kappa shape index (κ1) is 13.8. The van der Waals surface area contributed by atoms with Crippen molar-refractivity contribution in [1.82, 2.24) is 9.97 Å². The Morgan fingerprint density at radius 1 is 0.952 bits per heavy atom. The maximum atomic E-state index is 5.97. The van der Waals surface area contributed by atoms with Gasteiger partial charge < -0.3 is 9.47 Å². The van der Waals surface area contributed by atoms with E-state index in [1.807, 2.05) is 31.2 Å². The molecule has 0 amide bonds. The molecule has 0 unspecified atom stereocenters. The zero-order chi connectivity index (χ0) is 15.0. The van der Waals surface area contributed by atoms with Gasteiger partial charge in [0.1, 0.15) is 22.2 Å². The number of methoxy groups -OCH3 is 1. The van der Waals surface area contributed by atoms with E-state index in [9.17, 15) is 0 Å². The highest BCUT2D eigenvalue weighted by Gasteiger charge is 2.15. The first-order valence-corrected chi connectivity index (χ1v) is 7.46. The first-order chi connectivity index (χ1) is 10.1. The second kappa shape index (κ2) is 5.33. The smallest absolute Gasteiger partial charge is 0.231 e. The minimum atomic E-state index is 0.615. The second-order valence-electron chi connectivity index (χ2n) is 4.82. The molecular weight excluding hydrogens is 284 g/mol. The summed E-state index contributed by atoms with van der Waals surface area (Å²) in [6, 6.07) is 7.48. The Bertz CT molecular complexity index is 794. The van der Waals surface area contributed by atoms with E-state index in [1.54, 1.807) is 18.4 Å². The van der Waals surface area contributed by atoms with E-state index >= 15 is 0 Å². The molecule has 0 saturated heterocycles. The van der Waals surface area contributed by atoms with Gasteiger partial charge in [-0.05, 0) is 50.6 Å². The number of hydrogen-bond donors (Lipinski definition) is 0. The van der Waals surface area contributed by atoms with Crippen molar-refractivity contribution in [2.24, 2.45) is 0 Å². The monoisotopic (exact) mass is 300 g/mol. The lowest BCUT2D eigenvalue weighted by Crippen LogP contribution is -1.94. The molecule has 0 saturated carbocycles. The van der Waals surface area contributed by atoms with Crippen molar-refractivity contribution in [3.05, 3.63) is 40.5 Å². The van der Waals surface area contributed by atoms with E-state index in [1.165, 1.54) is 10.4 Å². The third kappa shape index (κ3) is 2.56. The van der Waals surface area contributed by atoms with Crippen LogP contribution in [0.3, 0.4) is 0 Å². The quantitative estimate of drug-likeness (QED) is 0.718. The Labute approximate surface area is 127 Å². The van der Waals surface area contributed by atoms with Crippen LogP contribution in [0.4, 0.5) is 0 Å². The summed E-state index contributed by atoms with van der Waals surface area (Å²) in [7, 11) is 1.64. The van der Waals surface area contributed by atoms with Crippen molar-refractivity contribution < 1.29 is 9.47 Å². The summed E-state index contributed by atoms with van der Waals surface area (Å²) in [5, 5.41) is 0.999. The van der Waals surface area contributed by atoms with Gasteiger partial charge in [-0.15, -0.1) is 11.3 Å². The highest BCUT2D eigenvalue weighted by Crippen LogP contribution is 2.36. The number of ether oxygens (including phenoxy) is 2. The third-order valence-corrected chi connectivity index (χ3v) is 4.48. The van der Waals surface area contributed by atoms with Crippen LogP contribution in [-0.4, -0.2) is 17.1 Å². The normalized spacial score (nSPS) is 10.9. The van der Waals surface area contributed by atoms with Gasteiger partial charge in [-0.3, -0.25) is 0 Å². The van der Waals surface area contributed by atoms with Gasteiger partial charge in [-0.2, -0.15) is 4.98 Å². The fraction of sp³-hybridized carbons (Fsp3) is 0.250. The average Bonchev–Trinajstić information content (AvgIpc) is 2.74. The molecule has 0 fully saturated rings. The van der Waals surface area contributed by atoms with Crippen LogP contribution in [0.5, 0.6) is 17.4 Å². The van der Waals surface area contributed by atoms with Crippen LogP contribution >= 0.6 is 11.3 Å². The molecule has 3 rings (SSSR count). The molecule has 0 atom stereocenters. The average molecular weight is 300 g/mol. The summed E-state index contributed by atoms with van der Waals surface area (Å²) >= 11 is 1.67. The summed E-state index contributed by atoms with van der Waals surface area (Å²) in [6.07, 6.45) is 0. The maximum Gasteiger partial charge on any atom is 0.231 e. The lowest BCUT2D eigenvalue weighted by molar-refractivity contribution is 0.412. The predicted octanol–water partition coefficient (Wildman–Crippen LogP) is 4.42. The molecule has 0 aliphatic heterocycles. The van der Waals surface area contributed by atoms with E-state index in [0.29, 0.717) is 11.7 Å². The van der Waals surface area contributed by atoms with Crippen molar-refractivity contribution >= 4 is 21.6 Å². The van der Waals surface area contributed by atoms with Crippen LogP contribution in [0.2, 0.25) is 0 Å². The Hall–Kier alpha value is -2.14. The molecule has 108 valence electrons.